The number of ether oxygens (including phenoxy) is 8. The van der Waals surface area contributed by atoms with E-state index in [9.17, 15) is 89.9 Å². The number of ketones is 1. The largest absolute Gasteiger partial charge is 0.481 e. The number of anilines is 2. The Morgan fingerprint density at radius 1 is 0.630 bits per heavy atom. The second kappa shape index (κ2) is 51.9. The standard InChI is InChI=1S/C95H118N14O27S2/c1-8-34-107(36-37-110)90(119)69-50-68-19-20-72(53-80(68)102-81(52-69)104-93(121)135-58-75-55-98-92(106(75)7)109(123)124)95(31-32-95)91(120)101-74-51-70-56-108(35-29-78(70)97-54-74)94(122)136-57-65-13-21-73(22-14-65)100-86(115)64(6)99-89(118)84(61(2)3)105-88(117)79(27-28-83(112)113)103-82(111)30-38-129-40-42-131-44-46-133-48-49-134-47-45-132-43-41-130-39-33-96-87(116)67-17-15-66(16-18-67)85(114)71(59-137(125,126)76-23-9-62(4)10-24-76)60-138(127,128)77-25-11-63(5)12-26-77/h9-26,50-51,53-55,61,64,71,79,84,110H,8,27-49,52,56-60H2,1-7H3,(H,96,116)(H,99,118)(H,100,115)(H,101,120)(H,103,111)(H,105,117)(H,112,113)(H,102,104,121)/t64-,79-,84-/m0/s1. The predicted molar refractivity (Wildman–Crippen MR) is 502 cm³/mol. The van der Waals surface area contributed by atoms with E-state index >= 15 is 0 Å². The smallest absolute Gasteiger partial charge is 0.434 e. The number of aryl methyl sites for hydroxylation is 2. The fraction of sp³-hybridized carbons (Fsp3) is 0.453. The topological polar surface area (TPSA) is 547 Å². The number of aliphatic hydroxyl groups excluding tert-OH is 1. The van der Waals surface area contributed by atoms with E-state index in [2.05, 4.69) is 47.2 Å². The number of carboxylic acids is 1. The van der Waals surface area contributed by atoms with Crippen LogP contribution in [0.25, 0.3) is 6.08 Å². The first-order valence-corrected chi connectivity index (χ1v) is 48.5. The minimum atomic E-state index is -4.10. The van der Waals surface area contributed by atoms with E-state index < -0.39 is 137 Å². The van der Waals surface area contributed by atoms with Gasteiger partial charge >= 0.3 is 24.1 Å². The third kappa shape index (κ3) is 32.0. The van der Waals surface area contributed by atoms with E-state index in [1.54, 1.807) is 113 Å². The molecule has 0 bridgehead atoms. The Labute approximate surface area is 798 Å². The van der Waals surface area contributed by atoms with E-state index in [1.807, 2.05) is 6.92 Å². The van der Waals surface area contributed by atoms with Gasteiger partial charge in [0.15, 0.2) is 37.8 Å². The highest BCUT2D eigenvalue weighted by atomic mass is 32.2. The molecule has 0 saturated heterocycles. The number of aliphatic carboxylic acids is 1. The molecule has 1 aliphatic carbocycles. The summed E-state index contributed by atoms with van der Waals surface area (Å²) in [7, 11) is -6.79. The number of amides is 9. The van der Waals surface area contributed by atoms with Crippen LogP contribution in [-0.2, 0) is 130 Å². The van der Waals surface area contributed by atoms with Crippen molar-refractivity contribution in [2.45, 2.75) is 146 Å². The number of rotatable bonds is 54. The summed E-state index contributed by atoms with van der Waals surface area (Å²) < 4.78 is 99.7. The van der Waals surface area contributed by atoms with Crippen LogP contribution in [0.4, 0.5) is 32.6 Å². The number of nitrogens with one attached hydrogen (secondary N) is 7. The quantitative estimate of drug-likeness (QED) is 0.00782. The lowest BCUT2D eigenvalue weighted by Gasteiger charge is -2.28. The van der Waals surface area contributed by atoms with Crippen LogP contribution in [0.2, 0.25) is 0 Å². The molecular formula is C95H118N14O27S2. The van der Waals surface area contributed by atoms with E-state index in [1.165, 1.54) is 83.1 Å². The molecule has 43 heteroatoms. The van der Waals surface area contributed by atoms with Crippen molar-refractivity contribution in [3.8, 4) is 0 Å². The molecule has 3 atom stereocenters. The van der Waals surface area contributed by atoms with Gasteiger partial charge in [0.1, 0.15) is 36.8 Å². The zero-order valence-electron chi connectivity index (χ0n) is 77.9. The fourth-order valence-corrected chi connectivity index (χ4v) is 18.0. The van der Waals surface area contributed by atoms with E-state index in [4.69, 9.17) is 42.9 Å². The zero-order chi connectivity index (χ0) is 99.6. The number of benzene rings is 5. The number of Topliss-reactive ketones (excluding diaryl/α,β-unsaturated/α-hetero) is 1. The molecule has 9 N–H and O–H groups in total. The molecule has 10 rings (SSSR count). The van der Waals surface area contributed by atoms with Crippen LogP contribution < -0.4 is 37.2 Å². The number of aliphatic hydroxyl groups is 1. The Morgan fingerprint density at radius 3 is 1.79 bits per heavy atom. The van der Waals surface area contributed by atoms with Crippen molar-refractivity contribution < 1.29 is 123 Å². The van der Waals surface area contributed by atoms with E-state index in [-0.39, 0.29) is 188 Å². The molecule has 742 valence electrons. The molecular weight excluding hydrogens is 1830 g/mol. The predicted octanol–water partition coefficient (Wildman–Crippen LogP) is 7.28. The Balaban J connectivity index is 0.565. The molecule has 5 aromatic carbocycles. The maximum absolute atomic E-state index is 14.4. The molecule has 1 fully saturated rings. The van der Waals surface area contributed by atoms with Crippen LogP contribution in [0.15, 0.2) is 154 Å². The summed E-state index contributed by atoms with van der Waals surface area (Å²) in [6.07, 6.45) is 3.66. The van der Waals surface area contributed by atoms with Crippen molar-refractivity contribution in [2.24, 2.45) is 23.9 Å². The first-order chi connectivity index (χ1) is 66.0. The Hall–Kier alpha value is -13.1. The van der Waals surface area contributed by atoms with Gasteiger partial charge in [0.2, 0.25) is 35.4 Å². The van der Waals surface area contributed by atoms with Gasteiger partial charge in [0.05, 0.1) is 150 Å². The average Bonchev–Trinajstić information content (AvgIpc) is 1.58. The number of amidine groups is 1. The number of aliphatic imine (C=N–C) groups is 1. The van der Waals surface area contributed by atoms with Crippen molar-refractivity contribution in [3.63, 3.8) is 0 Å². The number of carbonyl (C=O) groups excluding carboxylic acids is 10. The number of hydrogen-bond donors (Lipinski definition) is 9. The number of imidazole rings is 1. The second-order valence-corrected chi connectivity index (χ2v) is 37.6. The van der Waals surface area contributed by atoms with Crippen molar-refractivity contribution in [1.82, 2.24) is 50.9 Å². The molecule has 138 heavy (non-hydrogen) atoms. The monoisotopic (exact) mass is 1950 g/mol. The van der Waals surface area contributed by atoms with Crippen molar-refractivity contribution >= 4 is 120 Å². The van der Waals surface area contributed by atoms with Crippen LogP contribution in [0.3, 0.4) is 0 Å². The SMILES string of the molecule is CCCN(CCO)C(=O)C1=Cc2ccc(C3(C(=O)Nc4cnc5c(c4)CN(C(=O)OCc4ccc(NC(=O)[C@H](C)NC(=O)[C@@H](NC(=O)[C@H](CCC(=O)O)NC(=O)CCOCCOCCOCCOCCOCCOCCNC(=O)c6ccc(C(=O)C(CS(=O)(=O)c7ccc(C)cc7)CS(=O)(=O)c7ccc(C)cc7)cc6)C(C)C)cc4)CC5)CC3)cc2N=C(NC(=O)OCc2cnc([N+](=O)[O-])n2C)C1. The second-order valence-electron chi connectivity index (χ2n) is 33.6. The highest BCUT2D eigenvalue weighted by Gasteiger charge is 2.52. The first-order valence-electron chi connectivity index (χ1n) is 45.2. The summed E-state index contributed by atoms with van der Waals surface area (Å²) in [6, 6.07) is 27.4. The number of pyridine rings is 1. The number of aromatic nitrogens is 3. The van der Waals surface area contributed by atoms with Gasteiger partial charge in [0.25, 0.3) is 5.91 Å². The highest BCUT2D eigenvalue weighted by molar-refractivity contribution is 7.92. The van der Waals surface area contributed by atoms with Crippen molar-refractivity contribution in [3.05, 3.63) is 205 Å². The molecule has 0 unspecified atom stereocenters. The number of carbonyl (C=O) groups is 11. The number of nitrogens with zero attached hydrogens (tertiary/aromatic N) is 7. The van der Waals surface area contributed by atoms with Crippen LogP contribution in [0.1, 0.15) is 138 Å². The summed E-state index contributed by atoms with van der Waals surface area (Å²) in [5.74, 6) is -9.81. The van der Waals surface area contributed by atoms with Crippen LogP contribution in [0, 0.1) is 35.8 Å². The molecule has 3 aliphatic rings. The van der Waals surface area contributed by atoms with Gasteiger partial charge in [-0.3, -0.25) is 53.5 Å². The third-order valence-electron chi connectivity index (χ3n) is 22.7. The molecule has 7 aromatic rings. The lowest BCUT2D eigenvalue weighted by Crippen LogP contribution is -2.57. The third-order valence-corrected chi connectivity index (χ3v) is 26.3. The highest BCUT2D eigenvalue weighted by Crippen LogP contribution is 2.50. The van der Waals surface area contributed by atoms with Crippen molar-refractivity contribution in [1.29, 1.82) is 0 Å². The van der Waals surface area contributed by atoms with Crippen LogP contribution in [-0.4, -0.2) is 269 Å². The molecule has 1 saturated carbocycles. The summed E-state index contributed by atoms with van der Waals surface area (Å²) in [4.78, 5) is 174. The summed E-state index contributed by atoms with van der Waals surface area (Å²) in [6.45, 7) is 12.9. The molecule has 9 amide bonds. The maximum atomic E-state index is 14.4. The van der Waals surface area contributed by atoms with Crippen LogP contribution in [0.5, 0.6) is 0 Å². The number of sulfone groups is 2. The molecule has 4 heterocycles. The number of alkyl carbamates (subject to hydrolysis) is 1. The molecule has 0 spiro atoms. The Morgan fingerprint density at radius 2 is 1.22 bits per heavy atom. The lowest BCUT2D eigenvalue weighted by atomic mass is 9.92. The van der Waals surface area contributed by atoms with Gasteiger partial charge in [-0.25, -0.2) is 36.0 Å². The molecule has 2 aliphatic heterocycles. The minimum absolute atomic E-state index is 0.0394. The number of fused-ring (bicyclic) bond motifs is 2. The Bertz CT molecular complexity index is 5670. The number of carboxylic acid groups (broad SMARTS) is 1. The van der Waals surface area contributed by atoms with Gasteiger partial charge in [-0.2, -0.15) is 0 Å². The molecule has 0 radical (unpaired) electrons. The first kappa shape index (κ1) is 107. The zero-order valence-corrected chi connectivity index (χ0v) is 79.6. The Kier molecular flexibility index (Phi) is 40.2. The van der Waals surface area contributed by atoms with Gasteiger partial charge in [-0.15, -0.1) is 0 Å². The lowest BCUT2D eigenvalue weighted by molar-refractivity contribution is -0.396. The normalized spacial score (nSPS) is 13.9. The average molecular weight is 1950 g/mol. The van der Waals surface area contributed by atoms with Gasteiger partial charge in [0, 0.05) is 85.5 Å². The van der Waals surface area contributed by atoms with Crippen LogP contribution >= 0.6 is 0 Å². The minimum Gasteiger partial charge on any atom is -0.481 e. The van der Waals surface area contributed by atoms with E-state index in [0.29, 0.717) is 78.1 Å². The van der Waals surface area contributed by atoms with E-state index in [0.717, 1.165) is 16.8 Å². The fourth-order valence-electron chi connectivity index (χ4n) is 14.8. The van der Waals surface area contributed by atoms with Crippen molar-refractivity contribution in [2.75, 3.05) is 134 Å². The summed E-state index contributed by atoms with van der Waals surface area (Å²) in [5.41, 5.74) is 5.60. The summed E-state index contributed by atoms with van der Waals surface area (Å²) in [5, 5.41) is 49.5. The maximum Gasteiger partial charge on any atom is 0.434 e. The number of hydrogen-bond acceptors (Lipinski definition) is 29. The van der Waals surface area contributed by atoms with Gasteiger partial charge < -0.3 is 99.9 Å². The van der Waals surface area contributed by atoms with Gasteiger partial charge in [-0.05, 0) is 141 Å². The summed E-state index contributed by atoms with van der Waals surface area (Å²) >= 11 is 0. The molecule has 2 aromatic heterocycles. The van der Waals surface area contributed by atoms with Gasteiger partial charge in [-0.1, -0.05) is 97.5 Å². The molecule has 41 nitrogen and oxygen atoms in total. The number of nitro groups is 1.